The molecule has 27 heavy (non-hydrogen) atoms. The van der Waals surface area contributed by atoms with E-state index in [2.05, 4.69) is 0 Å². The summed E-state index contributed by atoms with van der Waals surface area (Å²) in [6.07, 6.45) is 5.47. The lowest BCUT2D eigenvalue weighted by molar-refractivity contribution is 0.301. The number of aromatic nitrogens is 1. The van der Waals surface area contributed by atoms with Crippen LogP contribution < -0.4 is 10.3 Å². The summed E-state index contributed by atoms with van der Waals surface area (Å²) in [5, 5.41) is 0.639. The predicted octanol–water partition coefficient (Wildman–Crippen LogP) is 3.38. The van der Waals surface area contributed by atoms with Crippen molar-refractivity contribution in [3.8, 4) is 16.9 Å². The van der Waals surface area contributed by atoms with Gasteiger partial charge in [-0.05, 0) is 43.0 Å². The van der Waals surface area contributed by atoms with Crippen LogP contribution in [0.2, 0.25) is 0 Å². The Hall–Kier alpha value is -2.54. The minimum absolute atomic E-state index is 0.0170. The summed E-state index contributed by atoms with van der Waals surface area (Å²) in [6, 6.07) is 6.64. The average molecular weight is 387 g/mol. The van der Waals surface area contributed by atoms with E-state index in [1.165, 1.54) is 10.8 Å². The van der Waals surface area contributed by atoms with E-state index in [-0.39, 0.29) is 21.8 Å². The second-order valence-corrected chi connectivity index (χ2v) is 9.22. The van der Waals surface area contributed by atoms with Crippen molar-refractivity contribution in [2.24, 2.45) is 13.0 Å². The normalized spacial score (nSPS) is 14.6. The standard InChI is InChI=1S/C20H21NO5S/c1-3-27(23,24)14-6-7-18(26-12-13-4-5-13)16(10-14)17-11-21(2)20(22)19-15(17)8-9-25-19/h6-11,13H,3-5,12H2,1-2H3. The van der Waals surface area contributed by atoms with Crippen molar-refractivity contribution in [2.45, 2.75) is 24.7 Å². The molecule has 1 aliphatic rings. The SMILES string of the molecule is CCS(=O)(=O)c1ccc(OCC2CC2)c(-c2cn(C)c(=O)c3occc23)c1. The summed E-state index contributed by atoms with van der Waals surface area (Å²) < 4.78 is 37.6. The second kappa shape index (κ2) is 6.56. The van der Waals surface area contributed by atoms with Crippen LogP contribution >= 0.6 is 0 Å². The van der Waals surface area contributed by atoms with Gasteiger partial charge in [-0.25, -0.2) is 8.42 Å². The van der Waals surface area contributed by atoms with E-state index in [1.807, 2.05) is 0 Å². The maximum Gasteiger partial charge on any atom is 0.293 e. The lowest BCUT2D eigenvalue weighted by Gasteiger charge is -2.15. The topological polar surface area (TPSA) is 78.5 Å². The van der Waals surface area contributed by atoms with Gasteiger partial charge in [-0.2, -0.15) is 0 Å². The van der Waals surface area contributed by atoms with Gasteiger partial charge < -0.3 is 13.7 Å². The Kier molecular flexibility index (Phi) is 4.34. The van der Waals surface area contributed by atoms with Crippen LogP contribution in [0.4, 0.5) is 0 Å². The van der Waals surface area contributed by atoms with Gasteiger partial charge in [0.2, 0.25) is 0 Å². The van der Waals surface area contributed by atoms with E-state index >= 15 is 0 Å². The first-order valence-corrected chi connectivity index (χ1v) is 10.6. The summed E-state index contributed by atoms with van der Waals surface area (Å²) in [5.74, 6) is 1.19. The molecule has 0 saturated heterocycles. The molecule has 3 aromatic rings. The molecule has 0 bridgehead atoms. The Morgan fingerprint density at radius 1 is 1.22 bits per heavy atom. The highest BCUT2D eigenvalue weighted by Gasteiger charge is 2.24. The number of benzene rings is 1. The molecule has 1 saturated carbocycles. The van der Waals surface area contributed by atoms with Gasteiger partial charge in [0.25, 0.3) is 5.56 Å². The molecule has 1 fully saturated rings. The van der Waals surface area contributed by atoms with Gasteiger partial charge in [-0.15, -0.1) is 0 Å². The first kappa shape index (κ1) is 17.9. The van der Waals surface area contributed by atoms with Gasteiger partial charge in [0, 0.05) is 29.8 Å². The number of hydrogen-bond donors (Lipinski definition) is 0. The molecule has 0 radical (unpaired) electrons. The second-order valence-electron chi connectivity index (χ2n) is 6.94. The Morgan fingerprint density at radius 2 is 2.00 bits per heavy atom. The molecule has 6 nitrogen and oxygen atoms in total. The predicted molar refractivity (Wildman–Crippen MR) is 103 cm³/mol. The van der Waals surface area contributed by atoms with Crippen molar-refractivity contribution in [3.05, 3.63) is 47.1 Å². The van der Waals surface area contributed by atoms with Crippen LogP contribution in [0.15, 0.2) is 50.8 Å². The van der Waals surface area contributed by atoms with Crippen molar-refractivity contribution in [1.29, 1.82) is 0 Å². The molecule has 142 valence electrons. The van der Waals surface area contributed by atoms with Crippen LogP contribution in [0, 0.1) is 5.92 Å². The number of furan rings is 1. The van der Waals surface area contributed by atoms with Gasteiger partial charge >= 0.3 is 0 Å². The fourth-order valence-electron chi connectivity index (χ4n) is 3.08. The maximum atomic E-state index is 12.4. The largest absolute Gasteiger partial charge is 0.493 e. The van der Waals surface area contributed by atoms with E-state index in [4.69, 9.17) is 9.15 Å². The number of rotatable bonds is 6. The van der Waals surface area contributed by atoms with Crippen molar-refractivity contribution in [3.63, 3.8) is 0 Å². The molecule has 0 unspecified atom stereocenters. The highest BCUT2D eigenvalue weighted by Crippen LogP contribution is 2.38. The van der Waals surface area contributed by atoms with Crippen LogP contribution in [0.3, 0.4) is 0 Å². The molecular formula is C20H21NO5S. The van der Waals surface area contributed by atoms with E-state index in [1.54, 1.807) is 44.4 Å². The van der Waals surface area contributed by atoms with Crippen molar-refractivity contribution >= 4 is 20.8 Å². The summed E-state index contributed by atoms with van der Waals surface area (Å²) in [4.78, 5) is 12.5. The first-order valence-electron chi connectivity index (χ1n) is 8.97. The van der Waals surface area contributed by atoms with E-state index < -0.39 is 9.84 Å². The zero-order chi connectivity index (χ0) is 19.2. The van der Waals surface area contributed by atoms with E-state index in [0.717, 1.165) is 12.8 Å². The third-order valence-electron chi connectivity index (χ3n) is 4.94. The molecular weight excluding hydrogens is 366 g/mol. The van der Waals surface area contributed by atoms with Gasteiger partial charge in [0.05, 0.1) is 23.5 Å². The van der Waals surface area contributed by atoms with Gasteiger partial charge in [0.15, 0.2) is 15.4 Å². The average Bonchev–Trinajstić information content (AvgIpc) is 3.36. The number of nitrogens with zero attached hydrogens (tertiary/aromatic N) is 1. The van der Waals surface area contributed by atoms with Crippen molar-refractivity contribution in [2.75, 3.05) is 12.4 Å². The minimum atomic E-state index is -3.37. The molecule has 2 heterocycles. The first-order chi connectivity index (χ1) is 12.9. The van der Waals surface area contributed by atoms with Crippen LogP contribution in [-0.4, -0.2) is 25.3 Å². The molecule has 0 atom stereocenters. The highest BCUT2D eigenvalue weighted by molar-refractivity contribution is 7.91. The van der Waals surface area contributed by atoms with Gasteiger partial charge in [0.1, 0.15) is 5.75 Å². The summed E-state index contributed by atoms with van der Waals surface area (Å²) in [7, 11) is -1.73. The smallest absolute Gasteiger partial charge is 0.293 e. The van der Waals surface area contributed by atoms with Crippen molar-refractivity contribution < 1.29 is 17.6 Å². The zero-order valence-electron chi connectivity index (χ0n) is 15.3. The lowest BCUT2D eigenvalue weighted by Crippen LogP contribution is -2.16. The Bertz CT molecular complexity index is 1170. The molecule has 0 N–H and O–H groups in total. The van der Waals surface area contributed by atoms with Crippen LogP contribution in [-0.2, 0) is 16.9 Å². The molecule has 0 spiro atoms. The minimum Gasteiger partial charge on any atom is -0.493 e. The van der Waals surface area contributed by atoms with Crippen LogP contribution in [0.1, 0.15) is 19.8 Å². The van der Waals surface area contributed by atoms with Crippen LogP contribution in [0.5, 0.6) is 5.75 Å². The molecule has 0 amide bonds. The Morgan fingerprint density at radius 3 is 2.70 bits per heavy atom. The number of pyridine rings is 1. The van der Waals surface area contributed by atoms with Crippen molar-refractivity contribution in [1.82, 2.24) is 4.57 Å². The van der Waals surface area contributed by atoms with Gasteiger partial charge in [-0.1, -0.05) is 6.92 Å². The third-order valence-corrected chi connectivity index (χ3v) is 6.68. The number of aryl methyl sites for hydroxylation is 1. The maximum absolute atomic E-state index is 12.4. The number of fused-ring (bicyclic) bond motifs is 1. The third kappa shape index (κ3) is 3.27. The molecule has 1 aromatic carbocycles. The highest BCUT2D eigenvalue weighted by atomic mass is 32.2. The lowest BCUT2D eigenvalue weighted by atomic mass is 10.0. The monoisotopic (exact) mass is 387 g/mol. The number of ether oxygens (including phenoxy) is 1. The summed E-state index contributed by atoms with van der Waals surface area (Å²) in [6.45, 7) is 2.22. The molecule has 1 aliphatic carbocycles. The fraction of sp³-hybridized carbons (Fsp3) is 0.350. The Balaban J connectivity index is 1.93. The fourth-order valence-corrected chi connectivity index (χ4v) is 3.99. The summed E-state index contributed by atoms with van der Waals surface area (Å²) in [5.41, 5.74) is 1.36. The number of hydrogen-bond acceptors (Lipinski definition) is 5. The summed E-state index contributed by atoms with van der Waals surface area (Å²) >= 11 is 0. The molecule has 2 aromatic heterocycles. The Labute approximate surface area is 157 Å². The molecule has 7 heteroatoms. The van der Waals surface area contributed by atoms with Crippen LogP contribution in [0.25, 0.3) is 22.1 Å². The molecule has 0 aliphatic heterocycles. The van der Waals surface area contributed by atoms with E-state index in [0.29, 0.717) is 34.8 Å². The zero-order valence-corrected chi connectivity index (χ0v) is 16.1. The van der Waals surface area contributed by atoms with E-state index in [9.17, 15) is 13.2 Å². The van der Waals surface area contributed by atoms with Gasteiger partial charge in [-0.3, -0.25) is 4.79 Å². The molecule has 4 rings (SSSR count). The quantitative estimate of drug-likeness (QED) is 0.648. The number of sulfone groups is 1.